The first-order chi connectivity index (χ1) is 15.5. The van der Waals surface area contributed by atoms with Crippen LogP contribution >= 0.6 is 11.8 Å². The quantitative estimate of drug-likeness (QED) is 0.211. The maximum absolute atomic E-state index is 13.7. The monoisotopic (exact) mass is 509 g/mol. The summed E-state index contributed by atoms with van der Waals surface area (Å²) in [6.45, 7) is 3.94. The minimum absolute atomic E-state index is 0.00685. The van der Waals surface area contributed by atoms with Crippen molar-refractivity contribution in [3.63, 3.8) is 0 Å². The fourth-order valence-electron chi connectivity index (χ4n) is 2.84. The van der Waals surface area contributed by atoms with E-state index in [9.17, 15) is 35.2 Å². The second kappa shape index (κ2) is 9.65. The van der Waals surface area contributed by atoms with E-state index < -0.39 is 56.5 Å². The van der Waals surface area contributed by atoms with Crippen molar-refractivity contribution in [3.8, 4) is 0 Å². The highest BCUT2D eigenvalue weighted by molar-refractivity contribution is 7.99. The molecular weight excluding hydrogens is 493 g/mol. The van der Waals surface area contributed by atoms with Gasteiger partial charge in [-0.2, -0.15) is 4.31 Å². The van der Waals surface area contributed by atoms with Gasteiger partial charge in [-0.1, -0.05) is 25.6 Å². The van der Waals surface area contributed by atoms with Crippen molar-refractivity contribution >= 4 is 44.5 Å². The number of thioether (sulfide) groups is 1. The van der Waals surface area contributed by atoms with Crippen molar-refractivity contribution in [3.05, 3.63) is 47.3 Å². The number of carbonyl (C=O) groups excluding carboxylic acids is 1. The minimum Gasteiger partial charge on any atom is -0.431 e. The number of oxazole rings is 1. The highest BCUT2D eigenvalue weighted by Gasteiger charge is 2.27. The second-order valence-electron chi connectivity index (χ2n) is 6.48. The van der Waals surface area contributed by atoms with Gasteiger partial charge in [0.1, 0.15) is 11.2 Å². The second-order valence-corrected chi connectivity index (χ2v) is 9.34. The average molecular weight is 509 g/mol. The maximum atomic E-state index is 13.7. The number of aromatic nitrogens is 1. The third-order valence-corrected chi connectivity index (χ3v) is 7.36. The van der Waals surface area contributed by atoms with Crippen LogP contribution in [0.1, 0.15) is 13.8 Å². The summed E-state index contributed by atoms with van der Waals surface area (Å²) >= 11 is 0.669. The standard InChI is InChI=1S/C19H16F5N3O4S2/c1-3-27(4-2)33(29,30)9-5-6-11-10(7-9)25-19(31-11)32-8-12(28)26-18-16(23)14(21)13(20)15(22)17(18)24/h5-7H,3-4,8H2,1-2H3,(H,26,28). The molecular formula is C19H16F5N3O4S2. The lowest BCUT2D eigenvalue weighted by Gasteiger charge is -2.18. The molecule has 14 heteroatoms. The minimum atomic E-state index is -3.74. The van der Waals surface area contributed by atoms with Crippen LogP contribution in [-0.4, -0.2) is 42.5 Å². The van der Waals surface area contributed by atoms with Gasteiger partial charge >= 0.3 is 0 Å². The van der Waals surface area contributed by atoms with E-state index in [0.717, 1.165) is 0 Å². The molecule has 7 nitrogen and oxygen atoms in total. The Bertz CT molecular complexity index is 1300. The first-order valence-corrected chi connectivity index (χ1v) is 11.8. The maximum Gasteiger partial charge on any atom is 0.257 e. The molecule has 178 valence electrons. The van der Waals surface area contributed by atoms with Crippen LogP contribution in [0.4, 0.5) is 27.6 Å². The average Bonchev–Trinajstić information content (AvgIpc) is 3.20. The normalized spacial score (nSPS) is 12.0. The van der Waals surface area contributed by atoms with Gasteiger partial charge in [-0.05, 0) is 18.2 Å². The van der Waals surface area contributed by atoms with Crippen LogP contribution in [0.3, 0.4) is 0 Å². The molecule has 0 aliphatic rings. The van der Waals surface area contributed by atoms with E-state index in [1.54, 1.807) is 19.2 Å². The Hall–Kier alpha value is -2.71. The van der Waals surface area contributed by atoms with Crippen molar-refractivity contribution in [1.82, 2.24) is 9.29 Å². The summed E-state index contributed by atoms with van der Waals surface area (Å²) in [5.41, 5.74) is -1.07. The molecule has 1 aromatic heterocycles. The summed E-state index contributed by atoms with van der Waals surface area (Å²) in [6, 6.07) is 4.02. The van der Waals surface area contributed by atoms with Crippen LogP contribution < -0.4 is 5.32 Å². The molecule has 0 saturated heterocycles. The van der Waals surface area contributed by atoms with Crippen molar-refractivity contribution in [2.24, 2.45) is 0 Å². The topological polar surface area (TPSA) is 92.5 Å². The number of rotatable bonds is 8. The van der Waals surface area contributed by atoms with Crippen molar-refractivity contribution in [2.75, 3.05) is 24.2 Å². The highest BCUT2D eigenvalue weighted by atomic mass is 32.2. The van der Waals surface area contributed by atoms with Gasteiger partial charge in [0.2, 0.25) is 21.7 Å². The van der Waals surface area contributed by atoms with E-state index >= 15 is 0 Å². The summed E-state index contributed by atoms with van der Waals surface area (Å²) < 4.78 is 98.9. The number of carbonyl (C=O) groups is 1. The number of hydrogen-bond donors (Lipinski definition) is 1. The highest BCUT2D eigenvalue weighted by Crippen LogP contribution is 2.29. The molecule has 1 amide bonds. The van der Waals surface area contributed by atoms with Crippen LogP contribution in [0.5, 0.6) is 0 Å². The number of halogens is 5. The van der Waals surface area contributed by atoms with Crippen molar-refractivity contribution in [1.29, 1.82) is 0 Å². The van der Waals surface area contributed by atoms with Gasteiger partial charge in [0, 0.05) is 13.1 Å². The lowest BCUT2D eigenvalue weighted by Crippen LogP contribution is -2.30. The van der Waals surface area contributed by atoms with E-state index in [1.165, 1.54) is 22.5 Å². The fraction of sp³-hybridized carbons (Fsp3) is 0.263. The molecule has 0 fully saturated rings. The van der Waals surface area contributed by atoms with Crippen LogP contribution in [0, 0.1) is 29.1 Å². The first kappa shape index (κ1) is 24.9. The van der Waals surface area contributed by atoms with Crippen molar-refractivity contribution < 1.29 is 39.6 Å². The number of nitrogens with zero attached hydrogens (tertiary/aromatic N) is 2. The molecule has 0 unspecified atom stereocenters. The molecule has 33 heavy (non-hydrogen) atoms. The number of amides is 1. The molecule has 0 radical (unpaired) electrons. The van der Waals surface area contributed by atoms with Crippen LogP contribution in [0.2, 0.25) is 0 Å². The Morgan fingerprint density at radius 1 is 1.03 bits per heavy atom. The van der Waals surface area contributed by atoms with E-state index in [-0.39, 0.29) is 34.3 Å². The summed E-state index contributed by atoms with van der Waals surface area (Å²) in [5, 5.41) is 1.56. The Balaban J connectivity index is 1.76. The largest absolute Gasteiger partial charge is 0.431 e. The van der Waals surface area contributed by atoms with Crippen LogP contribution in [0.15, 0.2) is 32.7 Å². The first-order valence-electron chi connectivity index (χ1n) is 9.36. The van der Waals surface area contributed by atoms with Crippen LogP contribution in [-0.2, 0) is 14.8 Å². The number of nitrogens with one attached hydrogen (secondary N) is 1. The Morgan fingerprint density at radius 2 is 1.61 bits per heavy atom. The summed E-state index contributed by atoms with van der Waals surface area (Å²) in [6.07, 6.45) is 0. The molecule has 0 atom stereocenters. The van der Waals surface area contributed by atoms with Gasteiger partial charge in [-0.25, -0.2) is 35.4 Å². The van der Waals surface area contributed by atoms with Gasteiger partial charge in [-0.15, -0.1) is 0 Å². The fourth-order valence-corrected chi connectivity index (χ4v) is 4.96. The molecule has 3 aromatic rings. The Kier molecular flexibility index (Phi) is 7.29. The van der Waals surface area contributed by atoms with Gasteiger partial charge in [0.15, 0.2) is 28.9 Å². The zero-order valence-electron chi connectivity index (χ0n) is 17.1. The third-order valence-electron chi connectivity index (χ3n) is 4.48. The SMILES string of the molecule is CCN(CC)S(=O)(=O)c1ccc2oc(SCC(=O)Nc3c(F)c(F)c(F)c(F)c3F)nc2c1. The van der Waals surface area contributed by atoms with E-state index in [0.29, 0.717) is 11.8 Å². The number of hydrogen-bond acceptors (Lipinski definition) is 6. The van der Waals surface area contributed by atoms with E-state index in [4.69, 9.17) is 4.42 Å². The van der Waals surface area contributed by atoms with Gasteiger partial charge in [-0.3, -0.25) is 4.79 Å². The molecule has 3 rings (SSSR count). The molecule has 0 bridgehead atoms. The van der Waals surface area contributed by atoms with Crippen molar-refractivity contribution in [2.45, 2.75) is 24.0 Å². The Labute approximate surface area is 189 Å². The molecule has 2 aromatic carbocycles. The Morgan fingerprint density at radius 3 is 2.18 bits per heavy atom. The predicted molar refractivity (Wildman–Crippen MR) is 110 cm³/mol. The number of fused-ring (bicyclic) bond motifs is 1. The summed E-state index contributed by atoms with van der Waals surface area (Å²) in [5.74, 6) is -12.7. The number of sulfonamides is 1. The lowest BCUT2D eigenvalue weighted by molar-refractivity contribution is -0.113. The zero-order valence-corrected chi connectivity index (χ0v) is 18.7. The number of anilines is 1. The molecule has 1 N–H and O–H groups in total. The van der Waals surface area contributed by atoms with Gasteiger partial charge in [0.05, 0.1) is 10.6 Å². The van der Waals surface area contributed by atoms with Crippen LogP contribution in [0.25, 0.3) is 11.1 Å². The predicted octanol–water partition coefficient (Wildman–Crippen LogP) is 4.28. The molecule has 1 heterocycles. The molecule has 0 aliphatic carbocycles. The molecule has 0 spiro atoms. The smallest absolute Gasteiger partial charge is 0.257 e. The summed E-state index contributed by atoms with van der Waals surface area (Å²) in [7, 11) is -3.74. The summed E-state index contributed by atoms with van der Waals surface area (Å²) in [4.78, 5) is 16.0. The molecule has 0 saturated carbocycles. The van der Waals surface area contributed by atoms with E-state index in [1.807, 2.05) is 0 Å². The number of benzene rings is 2. The lowest BCUT2D eigenvalue weighted by atomic mass is 10.2. The third kappa shape index (κ3) is 4.82. The van der Waals surface area contributed by atoms with E-state index in [2.05, 4.69) is 4.98 Å². The van der Waals surface area contributed by atoms with Gasteiger partial charge < -0.3 is 9.73 Å². The van der Waals surface area contributed by atoms with Gasteiger partial charge in [0.25, 0.3) is 5.22 Å². The zero-order chi connectivity index (χ0) is 24.5. The molecule has 0 aliphatic heterocycles.